The predicted octanol–water partition coefficient (Wildman–Crippen LogP) is 0.301. The van der Waals surface area contributed by atoms with Gasteiger partial charge in [0.05, 0.1) is 25.7 Å². The molecule has 0 aromatic heterocycles. The molecule has 0 bridgehead atoms. The molecule has 4 saturated heterocycles. The predicted molar refractivity (Wildman–Crippen MR) is 327 cm³/mol. The zero-order valence-corrected chi connectivity index (χ0v) is 54.8. The van der Waals surface area contributed by atoms with Gasteiger partial charge in [-0.1, -0.05) is 67.5 Å². The number of aliphatic hydroxyl groups is 1. The van der Waals surface area contributed by atoms with Gasteiger partial charge in [-0.05, 0) is 107 Å². The van der Waals surface area contributed by atoms with Crippen molar-refractivity contribution in [1.29, 1.82) is 0 Å². The van der Waals surface area contributed by atoms with Gasteiger partial charge in [0.25, 0.3) is 11.8 Å². The quantitative estimate of drug-likeness (QED) is 0.0643. The van der Waals surface area contributed by atoms with E-state index in [0.717, 1.165) is 4.90 Å². The van der Waals surface area contributed by atoms with E-state index in [1.54, 1.807) is 65.8 Å². The fraction of sp³-hybridized carbons (Fsp3) is 0.698. The maximum atomic E-state index is 15.1. The summed E-state index contributed by atoms with van der Waals surface area (Å²) in [7, 11) is 4.21. The Balaban J connectivity index is 1.50. The van der Waals surface area contributed by atoms with Crippen molar-refractivity contribution in [1.82, 2.24) is 46.2 Å². The number of fused-ring (bicyclic) bond motifs is 1. The zero-order chi connectivity index (χ0) is 67.9. The molecule has 1 aromatic rings. The standard InChI is InChI=1S/C63H96N10O18/c1-32(2)28-42-59(83)73-27-15-17-44(73)61(85)71(12)46(30-38-18-20-39(88-13)21-19-38)63(87)89-36(9)52(56(80)68-51(34(5)6)47(74)31-50(77)91-53(35(7)8)57(81)67-42)69-55(79)45(29-33(3)4)70(11)60(84)43-16-14-26-72(43)58(82)37(10)90-62(86)41(22-24-48(64)75)66-54(78)40-23-25-49(76)65-40/h18-21,32-37,40-47,51-53,74H,14-17,22-31H2,1-13H3,(H2,64,75)(H,65,76)(H,66,78)(H,67,81)(H,68,80)(H,69,79)/t36-,37+,40+,41+,42+,43+,44+,45-,46+,47+,51-,52+,53+/m1/s1. The summed E-state index contributed by atoms with van der Waals surface area (Å²) in [6, 6.07) is -5.06. The van der Waals surface area contributed by atoms with Crippen LogP contribution in [0.15, 0.2) is 24.3 Å². The summed E-state index contributed by atoms with van der Waals surface area (Å²) in [5.74, 6) is -11.6. The highest BCUT2D eigenvalue weighted by Gasteiger charge is 2.46. The summed E-state index contributed by atoms with van der Waals surface area (Å²) in [6.45, 7) is 16.6. The van der Waals surface area contributed by atoms with Crippen molar-refractivity contribution < 1.29 is 86.4 Å². The number of nitrogens with one attached hydrogen (secondary N) is 5. The number of likely N-dealkylation sites (N-methyl/N-ethyl adjacent to an activating group) is 2. The Kier molecular flexibility index (Phi) is 27.1. The van der Waals surface area contributed by atoms with Crippen molar-refractivity contribution in [2.24, 2.45) is 29.4 Å². The van der Waals surface area contributed by atoms with Crippen LogP contribution in [0.1, 0.15) is 145 Å². The van der Waals surface area contributed by atoms with Gasteiger partial charge in [-0.3, -0.25) is 52.7 Å². The average Bonchev–Trinajstić information content (AvgIpc) is 2.10. The van der Waals surface area contributed by atoms with E-state index >= 15 is 14.4 Å². The number of likely N-dealkylation sites (tertiary alicyclic amines) is 1. The van der Waals surface area contributed by atoms with E-state index in [-0.39, 0.29) is 88.6 Å². The number of esters is 3. The van der Waals surface area contributed by atoms with Crippen molar-refractivity contribution in [3.63, 3.8) is 0 Å². The molecule has 4 aliphatic heterocycles. The lowest BCUT2D eigenvalue weighted by molar-refractivity contribution is -0.163. The topological polar surface area (TPSA) is 378 Å². The summed E-state index contributed by atoms with van der Waals surface area (Å²) in [6.07, 6.45) is -6.36. The maximum Gasteiger partial charge on any atom is 0.329 e. The number of methoxy groups -OCH3 is 1. The number of aliphatic hydroxyl groups excluding tert-OH is 1. The Labute approximate surface area is 532 Å². The third-order valence-corrected chi connectivity index (χ3v) is 17.0. The molecule has 506 valence electrons. The number of amides is 10. The molecule has 91 heavy (non-hydrogen) atoms. The molecule has 0 spiro atoms. The molecule has 4 fully saturated rings. The molecular formula is C63H96N10O18. The molecule has 8 N–H and O–H groups in total. The van der Waals surface area contributed by atoms with Gasteiger partial charge in [-0.2, -0.15) is 0 Å². The second kappa shape index (κ2) is 33.4. The number of benzene rings is 1. The number of primary amides is 1. The Morgan fingerprint density at radius 3 is 2.07 bits per heavy atom. The molecule has 10 amide bonds. The molecule has 0 aliphatic carbocycles. The first-order chi connectivity index (χ1) is 42.7. The van der Waals surface area contributed by atoms with Gasteiger partial charge >= 0.3 is 17.9 Å². The van der Waals surface area contributed by atoms with Crippen molar-refractivity contribution in [3.05, 3.63) is 29.8 Å². The molecule has 4 aliphatic rings. The first kappa shape index (κ1) is 73.8. The number of rotatable bonds is 21. The average molecular weight is 1280 g/mol. The van der Waals surface area contributed by atoms with Crippen LogP contribution in [-0.2, 0) is 83.0 Å². The van der Waals surface area contributed by atoms with E-state index in [9.17, 15) is 53.1 Å². The fourth-order valence-corrected chi connectivity index (χ4v) is 11.8. The second-order valence-electron chi connectivity index (χ2n) is 25.8. The molecule has 0 unspecified atom stereocenters. The lowest BCUT2D eigenvalue weighted by atomic mass is 9.95. The summed E-state index contributed by atoms with van der Waals surface area (Å²) in [5, 5.41) is 25.0. The molecular weight excluding hydrogens is 1180 g/mol. The summed E-state index contributed by atoms with van der Waals surface area (Å²) >= 11 is 0. The van der Waals surface area contributed by atoms with Gasteiger partial charge in [0.1, 0.15) is 60.2 Å². The lowest BCUT2D eigenvalue weighted by Crippen LogP contribution is -2.62. The molecule has 28 nitrogen and oxygen atoms in total. The second-order valence-corrected chi connectivity index (χ2v) is 25.8. The Bertz CT molecular complexity index is 2810. The molecule has 4 heterocycles. The van der Waals surface area contributed by atoms with Crippen LogP contribution in [-0.4, -0.2) is 215 Å². The number of hydrogen-bond acceptors (Lipinski definition) is 18. The van der Waals surface area contributed by atoms with Crippen LogP contribution in [0, 0.1) is 23.7 Å². The van der Waals surface area contributed by atoms with Crippen LogP contribution >= 0.6 is 0 Å². The van der Waals surface area contributed by atoms with E-state index in [0.29, 0.717) is 24.2 Å². The van der Waals surface area contributed by atoms with E-state index in [1.165, 1.54) is 49.8 Å². The van der Waals surface area contributed by atoms with E-state index in [1.807, 2.05) is 13.8 Å². The Morgan fingerprint density at radius 2 is 1.48 bits per heavy atom. The molecule has 5 rings (SSSR count). The van der Waals surface area contributed by atoms with Gasteiger partial charge in [0.15, 0.2) is 12.2 Å². The largest absolute Gasteiger partial charge is 0.497 e. The zero-order valence-electron chi connectivity index (χ0n) is 54.8. The highest BCUT2D eigenvalue weighted by molar-refractivity contribution is 5.98. The smallest absolute Gasteiger partial charge is 0.329 e. The third kappa shape index (κ3) is 20.0. The summed E-state index contributed by atoms with van der Waals surface area (Å²) < 4.78 is 22.8. The molecule has 0 radical (unpaired) electrons. The first-order valence-electron chi connectivity index (χ1n) is 31.6. The Morgan fingerprint density at radius 1 is 0.824 bits per heavy atom. The summed E-state index contributed by atoms with van der Waals surface area (Å²) in [4.78, 5) is 187. The first-order valence-corrected chi connectivity index (χ1v) is 31.6. The minimum absolute atomic E-state index is 0.0191. The molecule has 0 saturated carbocycles. The van der Waals surface area contributed by atoms with E-state index in [4.69, 9.17) is 24.7 Å². The van der Waals surface area contributed by atoms with Gasteiger partial charge in [-0.15, -0.1) is 0 Å². The van der Waals surface area contributed by atoms with Gasteiger partial charge in [-0.25, -0.2) is 9.59 Å². The molecule has 1 aromatic carbocycles. The highest BCUT2D eigenvalue weighted by Crippen LogP contribution is 2.28. The van der Waals surface area contributed by atoms with Crippen molar-refractivity contribution in [2.45, 2.75) is 225 Å². The van der Waals surface area contributed by atoms with Crippen LogP contribution in [0.5, 0.6) is 5.75 Å². The van der Waals surface area contributed by atoms with E-state index in [2.05, 4.69) is 26.6 Å². The minimum Gasteiger partial charge on any atom is -0.497 e. The molecule has 28 heteroatoms. The number of carbonyl (C=O) groups is 13. The van der Waals surface area contributed by atoms with Gasteiger partial charge in [0, 0.05) is 46.4 Å². The number of cyclic esters (lactones) is 2. The fourth-order valence-electron chi connectivity index (χ4n) is 11.8. The number of hydrogen-bond donors (Lipinski definition) is 7. The van der Waals surface area contributed by atoms with Crippen LogP contribution in [0.2, 0.25) is 0 Å². The van der Waals surface area contributed by atoms with Crippen molar-refractivity contribution >= 4 is 77.0 Å². The highest BCUT2D eigenvalue weighted by atomic mass is 16.6. The van der Waals surface area contributed by atoms with E-state index < -0.39 is 168 Å². The number of carbonyl (C=O) groups excluding carboxylic acids is 13. The van der Waals surface area contributed by atoms with Gasteiger partial charge in [0.2, 0.25) is 47.3 Å². The maximum absolute atomic E-state index is 15.1. The van der Waals surface area contributed by atoms with Gasteiger partial charge < -0.3 is 76.0 Å². The van der Waals surface area contributed by atoms with Crippen LogP contribution in [0.3, 0.4) is 0 Å². The number of ether oxygens (including phenoxy) is 4. The molecule has 13 atom stereocenters. The van der Waals surface area contributed by atoms with Crippen molar-refractivity contribution in [2.75, 3.05) is 34.3 Å². The normalized spacial score (nSPS) is 26.0. The van der Waals surface area contributed by atoms with Crippen LogP contribution < -0.4 is 37.1 Å². The van der Waals surface area contributed by atoms with Crippen molar-refractivity contribution in [3.8, 4) is 5.75 Å². The van der Waals surface area contributed by atoms with Crippen LogP contribution in [0.25, 0.3) is 0 Å². The third-order valence-electron chi connectivity index (χ3n) is 17.0. The number of nitrogens with two attached hydrogens (primary N) is 1. The minimum atomic E-state index is -1.82. The Hall–Kier alpha value is -7.91. The lowest BCUT2D eigenvalue weighted by Gasteiger charge is -2.36. The van der Waals surface area contributed by atoms with Crippen LogP contribution in [0.4, 0.5) is 0 Å². The summed E-state index contributed by atoms with van der Waals surface area (Å²) in [5.41, 5.74) is 5.90. The SMILES string of the molecule is COc1ccc(C[C@H]2C(=O)O[C@H](C)[C@H](NC(=O)[C@@H](CC(C)C)N(C)C(=O)[C@@H]3CCCN3C(=O)[C@H](C)OC(=O)[C@H](CCC(N)=O)NC(=O)[C@@H]3CCC(=O)N3)C(=O)N[C@H](C(C)C)[C@@H](O)CC(=O)O[C@@H](C(C)C)C(=O)N[C@@H](CC(C)C)C(=O)N3CCC[C@H]3C(=O)N2C)cc1. The monoisotopic (exact) mass is 1280 g/mol. The number of nitrogens with zero attached hydrogens (tertiary/aromatic N) is 4.